The Bertz CT molecular complexity index is 124. The lowest BCUT2D eigenvalue weighted by molar-refractivity contribution is -0.120. The van der Waals surface area contributed by atoms with E-state index >= 15 is 0 Å². The van der Waals surface area contributed by atoms with Gasteiger partial charge in [-0.1, -0.05) is 37.0 Å². The predicted molar refractivity (Wildman–Crippen MR) is 48.0 cm³/mol. The third kappa shape index (κ3) is 4.49. The molecule has 0 radical (unpaired) electrons. The van der Waals surface area contributed by atoms with Crippen LogP contribution in [0.3, 0.4) is 0 Å². The molecule has 0 saturated heterocycles. The summed E-state index contributed by atoms with van der Waals surface area (Å²) < 4.78 is 0. The average Bonchev–Trinajstić information content (AvgIpc) is 1.99. The molecule has 0 bridgehead atoms. The Labute approximate surface area is 77.2 Å². The second-order valence-electron chi connectivity index (χ2n) is 2.32. The van der Waals surface area contributed by atoms with Gasteiger partial charge in [0.15, 0.2) is 4.84 Å². The van der Waals surface area contributed by atoms with Crippen molar-refractivity contribution in [2.75, 3.05) is 0 Å². The van der Waals surface area contributed by atoms with Crippen molar-refractivity contribution in [2.24, 2.45) is 0 Å². The Kier molecular flexibility index (Phi) is 5.69. The molecule has 0 fully saturated rings. The van der Waals surface area contributed by atoms with Crippen LogP contribution in [0.5, 0.6) is 0 Å². The van der Waals surface area contributed by atoms with Gasteiger partial charge in [0.1, 0.15) is 0 Å². The first-order valence-corrected chi connectivity index (χ1v) is 4.57. The molecular weight excluding hydrogens is 185 g/mol. The lowest BCUT2D eigenvalue weighted by Crippen LogP contribution is -2.37. The molecule has 1 amide bonds. The summed E-state index contributed by atoms with van der Waals surface area (Å²) >= 11 is 10.7. The minimum absolute atomic E-state index is 0.197. The molecule has 0 aromatic carbocycles. The van der Waals surface area contributed by atoms with Crippen molar-refractivity contribution in [3.63, 3.8) is 0 Å². The molecule has 1 N–H and O–H groups in total. The van der Waals surface area contributed by atoms with E-state index in [1.54, 1.807) is 0 Å². The molecule has 0 unspecified atom stereocenters. The zero-order valence-corrected chi connectivity index (χ0v) is 8.24. The standard InChI is InChI=1S/C7H13Cl2NO/c1-3-5(4-2)10-7(11)6(8)9/h5-6H,3-4H2,1-2H3,(H,10,11). The monoisotopic (exact) mass is 197 g/mol. The zero-order chi connectivity index (χ0) is 8.85. The molecule has 0 spiro atoms. The highest BCUT2D eigenvalue weighted by molar-refractivity contribution is 6.53. The molecular formula is C7H13Cl2NO. The minimum Gasteiger partial charge on any atom is -0.351 e. The molecule has 0 rings (SSSR count). The summed E-state index contributed by atoms with van der Waals surface area (Å²) in [6.45, 7) is 4.01. The van der Waals surface area contributed by atoms with Gasteiger partial charge in [-0.2, -0.15) is 0 Å². The van der Waals surface area contributed by atoms with Gasteiger partial charge in [0, 0.05) is 6.04 Å². The highest BCUT2D eigenvalue weighted by atomic mass is 35.5. The first-order chi connectivity index (χ1) is 5.11. The Morgan fingerprint density at radius 3 is 2.09 bits per heavy atom. The van der Waals surface area contributed by atoms with Crippen LogP contribution in [0.2, 0.25) is 0 Å². The summed E-state index contributed by atoms with van der Waals surface area (Å²) in [6, 6.07) is 0.197. The van der Waals surface area contributed by atoms with Gasteiger partial charge in [-0.05, 0) is 12.8 Å². The fourth-order valence-electron chi connectivity index (χ4n) is 0.757. The normalized spacial score (nSPS) is 10.7. The molecule has 0 atom stereocenters. The van der Waals surface area contributed by atoms with Gasteiger partial charge < -0.3 is 5.32 Å². The summed E-state index contributed by atoms with van der Waals surface area (Å²) in [5.74, 6) is -0.304. The second-order valence-corrected chi connectivity index (χ2v) is 3.42. The first-order valence-electron chi connectivity index (χ1n) is 3.70. The van der Waals surface area contributed by atoms with Crippen LogP contribution in [0.15, 0.2) is 0 Å². The number of hydrogen-bond acceptors (Lipinski definition) is 1. The predicted octanol–water partition coefficient (Wildman–Crippen LogP) is 2.09. The molecule has 2 nitrogen and oxygen atoms in total. The molecule has 0 aliphatic heterocycles. The Balaban J connectivity index is 3.72. The number of nitrogens with one attached hydrogen (secondary N) is 1. The maximum Gasteiger partial charge on any atom is 0.253 e. The fourth-order valence-corrected chi connectivity index (χ4v) is 0.883. The molecule has 0 heterocycles. The highest BCUT2D eigenvalue weighted by Gasteiger charge is 2.14. The molecule has 0 saturated carbocycles. The topological polar surface area (TPSA) is 29.1 Å². The van der Waals surface area contributed by atoms with Crippen LogP contribution in [0.25, 0.3) is 0 Å². The maximum absolute atomic E-state index is 10.9. The number of carbonyl (C=O) groups is 1. The second kappa shape index (κ2) is 5.67. The molecule has 0 aromatic rings. The van der Waals surface area contributed by atoms with Crippen molar-refractivity contribution in [1.29, 1.82) is 0 Å². The van der Waals surface area contributed by atoms with Crippen LogP contribution in [0, 0.1) is 0 Å². The van der Waals surface area contributed by atoms with Gasteiger partial charge in [-0.15, -0.1) is 0 Å². The first kappa shape index (κ1) is 11.1. The molecule has 0 aliphatic carbocycles. The zero-order valence-electron chi connectivity index (χ0n) is 6.73. The van der Waals surface area contributed by atoms with Gasteiger partial charge in [0.05, 0.1) is 0 Å². The number of hydrogen-bond donors (Lipinski definition) is 1. The number of halogens is 2. The van der Waals surface area contributed by atoms with E-state index in [1.165, 1.54) is 0 Å². The Hall–Kier alpha value is 0.0500. The van der Waals surface area contributed by atoms with E-state index in [4.69, 9.17) is 23.2 Å². The van der Waals surface area contributed by atoms with E-state index in [0.29, 0.717) is 0 Å². The number of amides is 1. The van der Waals surface area contributed by atoms with E-state index in [2.05, 4.69) is 5.32 Å². The van der Waals surface area contributed by atoms with Crippen LogP contribution in [-0.2, 0) is 4.79 Å². The summed E-state index contributed by atoms with van der Waals surface area (Å²) in [4.78, 5) is 9.95. The SMILES string of the molecule is CCC(CC)NC(=O)C(Cl)Cl. The Morgan fingerprint density at radius 1 is 1.36 bits per heavy atom. The van der Waals surface area contributed by atoms with Gasteiger partial charge in [0.25, 0.3) is 5.91 Å². The van der Waals surface area contributed by atoms with Crippen molar-refractivity contribution in [3.8, 4) is 0 Å². The van der Waals surface area contributed by atoms with E-state index < -0.39 is 4.84 Å². The van der Waals surface area contributed by atoms with Crippen molar-refractivity contribution < 1.29 is 4.79 Å². The number of carbonyl (C=O) groups excluding carboxylic acids is 1. The fraction of sp³-hybridized carbons (Fsp3) is 0.857. The lowest BCUT2D eigenvalue weighted by Gasteiger charge is -2.14. The Morgan fingerprint density at radius 2 is 1.82 bits per heavy atom. The third-order valence-corrected chi connectivity index (χ3v) is 1.93. The third-order valence-electron chi connectivity index (χ3n) is 1.53. The molecule has 11 heavy (non-hydrogen) atoms. The van der Waals surface area contributed by atoms with Gasteiger partial charge in [0.2, 0.25) is 0 Å². The van der Waals surface area contributed by atoms with Crippen LogP contribution < -0.4 is 5.32 Å². The average molecular weight is 198 g/mol. The minimum atomic E-state index is -0.949. The largest absolute Gasteiger partial charge is 0.351 e. The molecule has 0 aliphatic rings. The van der Waals surface area contributed by atoms with Gasteiger partial charge in [-0.3, -0.25) is 4.79 Å². The van der Waals surface area contributed by atoms with Crippen LogP contribution >= 0.6 is 23.2 Å². The van der Waals surface area contributed by atoms with Crippen molar-refractivity contribution in [1.82, 2.24) is 5.32 Å². The summed E-state index contributed by atoms with van der Waals surface area (Å²) in [5, 5.41) is 2.71. The van der Waals surface area contributed by atoms with E-state index in [-0.39, 0.29) is 11.9 Å². The van der Waals surface area contributed by atoms with Crippen molar-refractivity contribution in [3.05, 3.63) is 0 Å². The lowest BCUT2D eigenvalue weighted by atomic mass is 10.2. The smallest absolute Gasteiger partial charge is 0.253 e. The van der Waals surface area contributed by atoms with E-state index in [1.807, 2.05) is 13.8 Å². The number of alkyl halides is 2. The van der Waals surface area contributed by atoms with Crippen LogP contribution in [0.1, 0.15) is 26.7 Å². The quantitative estimate of drug-likeness (QED) is 0.688. The molecule has 0 aromatic heterocycles. The van der Waals surface area contributed by atoms with Gasteiger partial charge >= 0.3 is 0 Å². The van der Waals surface area contributed by atoms with Crippen LogP contribution in [0.4, 0.5) is 0 Å². The van der Waals surface area contributed by atoms with E-state index in [9.17, 15) is 4.79 Å². The van der Waals surface area contributed by atoms with Crippen LogP contribution in [-0.4, -0.2) is 16.8 Å². The maximum atomic E-state index is 10.9. The molecule has 66 valence electrons. The van der Waals surface area contributed by atoms with E-state index in [0.717, 1.165) is 12.8 Å². The molecule has 4 heteroatoms. The summed E-state index contributed by atoms with van der Waals surface area (Å²) in [6.07, 6.45) is 1.81. The van der Waals surface area contributed by atoms with Crippen molar-refractivity contribution >= 4 is 29.1 Å². The van der Waals surface area contributed by atoms with Gasteiger partial charge in [-0.25, -0.2) is 0 Å². The number of rotatable bonds is 4. The highest BCUT2D eigenvalue weighted by Crippen LogP contribution is 2.03. The van der Waals surface area contributed by atoms with Crippen molar-refractivity contribution in [2.45, 2.75) is 37.6 Å². The summed E-state index contributed by atoms with van der Waals surface area (Å²) in [7, 11) is 0. The summed E-state index contributed by atoms with van der Waals surface area (Å²) in [5.41, 5.74) is 0.